The van der Waals surface area contributed by atoms with Crippen molar-refractivity contribution >= 4 is 56.4 Å². The Morgan fingerprint density at radius 3 is 2.18 bits per heavy atom. The maximum Gasteiger partial charge on any atom is 0.404 e. The number of amides is 3. The number of ether oxygens (including phenoxy) is 2. The largest absolute Gasteiger partial charge is 0.450 e. The number of thiazole rings is 1. The molecule has 4 rings (SSSR count). The van der Waals surface area contributed by atoms with Gasteiger partial charge in [-0.05, 0) is 25.0 Å². The summed E-state index contributed by atoms with van der Waals surface area (Å²) in [4.78, 5) is 59.9. The second-order valence-electron chi connectivity index (χ2n) is 9.98. The van der Waals surface area contributed by atoms with Gasteiger partial charge < -0.3 is 31.1 Å². The van der Waals surface area contributed by atoms with Crippen LogP contribution in [0.3, 0.4) is 0 Å². The van der Waals surface area contributed by atoms with E-state index in [-0.39, 0.29) is 15.1 Å². The number of β-lactam (4-membered cyclic amide) rings is 1. The van der Waals surface area contributed by atoms with Crippen LogP contribution < -0.4 is 16.8 Å². The highest BCUT2D eigenvalue weighted by atomic mass is 32.2. The molecule has 3 amide bonds. The van der Waals surface area contributed by atoms with E-state index in [1.54, 1.807) is 48.5 Å². The SMILES string of the molecule is CC(C)(ON=C(C(=O)N[C@@H]1C(=O)N(S(=O)(=O)O)[C@@H]1COC(N)=O)c1csc(N)n1)C(=O)OC(c1ccccc1)c1ccccc1. The second-order valence-corrected chi connectivity index (χ2v) is 12.2. The summed E-state index contributed by atoms with van der Waals surface area (Å²) in [5.74, 6) is -3.18. The molecule has 1 aliphatic rings. The number of esters is 1. The van der Waals surface area contributed by atoms with E-state index in [4.69, 9.17) is 21.0 Å². The first-order valence-corrected chi connectivity index (χ1v) is 15.3. The Kier molecular flexibility index (Phi) is 9.69. The minimum Gasteiger partial charge on any atom is -0.450 e. The summed E-state index contributed by atoms with van der Waals surface area (Å²) in [5, 5.41) is 7.50. The number of benzene rings is 2. The van der Waals surface area contributed by atoms with Gasteiger partial charge in [0.25, 0.3) is 11.8 Å². The number of nitrogen functional groups attached to an aromatic ring is 1. The normalized spacial score (nSPS) is 16.9. The third-order valence-electron chi connectivity index (χ3n) is 6.37. The number of nitrogens with two attached hydrogens (primary N) is 2. The number of carbonyl (C=O) groups is 4. The first kappa shape index (κ1) is 32.8. The van der Waals surface area contributed by atoms with Crippen LogP contribution in [-0.2, 0) is 39.0 Å². The smallest absolute Gasteiger partial charge is 0.404 e. The lowest BCUT2D eigenvalue weighted by molar-refractivity contribution is -0.172. The summed E-state index contributed by atoms with van der Waals surface area (Å²) < 4.78 is 43.2. The molecule has 238 valence electrons. The van der Waals surface area contributed by atoms with E-state index in [1.165, 1.54) is 19.2 Å². The maximum atomic E-state index is 13.4. The second kappa shape index (κ2) is 13.3. The molecule has 1 fully saturated rings. The molecule has 6 N–H and O–H groups in total. The zero-order valence-corrected chi connectivity index (χ0v) is 25.4. The van der Waals surface area contributed by atoms with Crippen molar-refractivity contribution in [1.29, 1.82) is 0 Å². The Labute approximate surface area is 260 Å². The number of anilines is 1. The van der Waals surface area contributed by atoms with Crippen LogP contribution in [0.5, 0.6) is 0 Å². The van der Waals surface area contributed by atoms with Crippen LogP contribution in [-0.4, -0.2) is 76.1 Å². The van der Waals surface area contributed by atoms with Crippen LogP contribution in [0.2, 0.25) is 0 Å². The Bertz CT molecular complexity index is 1670. The number of oxime groups is 1. The predicted octanol–water partition coefficient (Wildman–Crippen LogP) is 1.15. The van der Waals surface area contributed by atoms with E-state index < -0.39 is 70.3 Å². The number of hydrogen-bond acceptors (Lipinski definition) is 13. The fourth-order valence-electron chi connectivity index (χ4n) is 4.13. The molecule has 0 saturated carbocycles. The molecule has 0 aliphatic carbocycles. The molecule has 0 bridgehead atoms. The van der Waals surface area contributed by atoms with Crippen molar-refractivity contribution in [3.05, 3.63) is 82.9 Å². The molecule has 1 saturated heterocycles. The third-order valence-corrected chi connectivity index (χ3v) is 7.99. The number of primary amides is 1. The summed E-state index contributed by atoms with van der Waals surface area (Å²) in [5.41, 5.74) is 9.60. The van der Waals surface area contributed by atoms with Crippen LogP contribution in [0, 0.1) is 0 Å². The van der Waals surface area contributed by atoms with Gasteiger partial charge in [0.1, 0.15) is 24.4 Å². The molecule has 16 nitrogen and oxygen atoms in total. The molecule has 0 radical (unpaired) electrons. The van der Waals surface area contributed by atoms with Gasteiger partial charge in [-0.2, -0.15) is 8.42 Å². The zero-order valence-electron chi connectivity index (χ0n) is 23.7. The van der Waals surface area contributed by atoms with Crippen LogP contribution in [0.1, 0.15) is 36.8 Å². The van der Waals surface area contributed by atoms with Crippen LogP contribution >= 0.6 is 11.3 Å². The van der Waals surface area contributed by atoms with Gasteiger partial charge in [-0.15, -0.1) is 11.3 Å². The summed E-state index contributed by atoms with van der Waals surface area (Å²) in [6, 6.07) is 14.8. The van der Waals surface area contributed by atoms with E-state index in [1.807, 2.05) is 12.1 Å². The van der Waals surface area contributed by atoms with Crippen molar-refractivity contribution in [2.75, 3.05) is 12.3 Å². The highest BCUT2D eigenvalue weighted by Crippen LogP contribution is 2.29. The van der Waals surface area contributed by atoms with E-state index in [0.29, 0.717) is 11.1 Å². The van der Waals surface area contributed by atoms with Crippen molar-refractivity contribution in [3.63, 3.8) is 0 Å². The Balaban J connectivity index is 1.57. The molecule has 2 atom stereocenters. The number of nitrogens with one attached hydrogen (secondary N) is 1. The summed E-state index contributed by atoms with van der Waals surface area (Å²) in [7, 11) is -5.07. The molecule has 1 aliphatic heterocycles. The fourth-order valence-corrected chi connectivity index (χ4v) is 5.55. The van der Waals surface area contributed by atoms with Gasteiger partial charge in [-0.1, -0.05) is 65.8 Å². The van der Waals surface area contributed by atoms with Crippen LogP contribution in [0.15, 0.2) is 71.2 Å². The van der Waals surface area contributed by atoms with Gasteiger partial charge in [0.15, 0.2) is 16.9 Å². The number of hydrogen-bond donors (Lipinski definition) is 4. The monoisotopic (exact) mass is 660 g/mol. The predicted molar refractivity (Wildman–Crippen MR) is 159 cm³/mol. The number of aromatic nitrogens is 1. The molecule has 0 spiro atoms. The Morgan fingerprint density at radius 2 is 1.69 bits per heavy atom. The van der Waals surface area contributed by atoms with Gasteiger partial charge in [0.2, 0.25) is 5.60 Å². The average Bonchev–Trinajstić information content (AvgIpc) is 3.42. The molecule has 0 unspecified atom stereocenters. The van der Waals surface area contributed by atoms with E-state index in [9.17, 15) is 32.1 Å². The molecular formula is C27H28N6O10S2. The van der Waals surface area contributed by atoms with Gasteiger partial charge in [0, 0.05) is 5.38 Å². The number of rotatable bonds is 12. The van der Waals surface area contributed by atoms with Gasteiger partial charge in [-0.3, -0.25) is 14.1 Å². The molecule has 2 heterocycles. The quantitative estimate of drug-likeness (QED) is 0.0703. The highest BCUT2D eigenvalue weighted by molar-refractivity contribution is 7.84. The topological polar surface area (TPSA) is 243 Å². The van der Waals surface area contributed by atoms with Crippen molar-refractivity contribution in [2.45, 2.75) is 37.6 Å². The minimum absolute atomic E-state index is 0.0179. The molecular weight excluding hydrogens is 632 g/mol. The first-order valence-electron chi connectivity index (χ1n) is 13.0. The summed E-state index contributed by atoms with van der Waals surface area (Å²) >= 11 is 0.948. The maximum absolute atomic E-state index is 13.4. The Morgan fingerprint density at radius 1 is 1.11 bits per heavy atom. The molecule has 3 aromatic rings. The summed E-state index contributed by atoms with van der Waals surface area (Å²) in [6.45, 7) is 1.93. The average molecular weight is 661 g/mol. The van der Waals surface area contributed by atoms with Crippen LogP contribution in [0.4, 0.5) is 9.93 Å². The lowest BCUT2D eigenvalue weighted by atomic mass is 9.99. The van der Waals surface area contributed by atoms with Crippen LogP contribution in [0.25, 0.3) is 0 Å². The van der Waals surface area contributed by atoms with Gasteiger partial charge >= 0.3 is 22.4 Å². The zero-order chi connectivity index (χ0) is 32.9. The van der Waals surface area contributed by atoms with Crippen molar-refractivity contribution in [2.24, 2.45) is 10.9 Å². The Hall–Kier alpha value is -5.07. The molecule has 18 heteroatoms. The van der Waals surface area contributed by atoms with Gasteiger partial charge in [0.05, 0.1) is 0 Å². The van der Waals surface area contributed by atoms with Crippen molar-refractivity contribution in [1.82, 2.24) is 14.6 Å². The lowest BCUT2D eigenvalue weighted by Gasteiger charge is -2.43. The third kappa shape index (κ3) is 7.72. The van der Waals surface area contributed by atoms with E-state index in [0.717, 1.165) is 11.3 Å². The van der Waals surface area contributed by atoms with Gasteiger partial charge in [-0.25, -0.2) is 18.9 Å². The first-order chi connectivity index (χ1) is 21.2. The minimum atomic E-state index is -5.07. The van der Waals surface area contributed by atoms with E-state index >= 15 is 0 Å². The molecule has 1 aromatic heterocycles. The fraction of sp³-hybridized carbons (Fsp3) is 0.259. The highest BCUT2D eigenvalue weighted by Gasteiger charge is 2.55. The van der Waals surface area contributed by atoms with Crippen molar-refractivity contribution in [3.8, 4) is 0 Å². The lowest BCUT2D eigenvalue weighted by Crippen LogP contribution is -2.73. The van der Waals surface area contributed by atoms with Crippen molar-refractivity contribution < 1.29 is 46.5 Å². The summed E-state index contributed by atoms with van der Waals surface area (Å²) in [6.07, 6.45) is -2.10. The number of nitrogens with zero attached hydrogens (tertiary/aromatic N) is 3. The molecule has 45 heavy (non-hydrogen) atoms. The molecule has 2 aromatic carbocycles. The standard InChI is InChI=1S/C27H28N6O10S2/c1-27(2,24(36)42-21(15-9-5-3-6-10-15)16-11-7-4-8-12-16)43-32-19(17-14-44-25(28)30-17)22(34)31-20-18(13-41-26(29)37)33(23(20)35)45(38,39)40/h3-12,14,18,20-21H,13H2,1-2H3,(H2,28,30)(H2,29,37)(H,31,34)(H,38,39,40)/t18-,20+/m1/s1. The number of carbonyl (C=O) groups excluding carboxylic acids is 4. The van der Waals surface area contributed by atoms with E-state index in [2.05, 4.69) is 20.2 Å².